The van der Waals surface area contributed by atoms with Crippen molar-refractivity contribution < 1.29 is 13.2 Å². The summed E-state index contributed by atoms with van der Waals surface area (Å²) in [5, 5.41) is 3.58. The Labute approximate surface area is 153 Å². The molecule has 4 rings (SSSR count). The molecule has 5 nitrogen and oxygen atoms in total. The van der Waals surface area contributed by atoms with Gasteiger partial charge in [0.25, 0.3) is 5.56 Å². The number of nitrogens with zero attached hydrogens (tertiary/aromatic N) is 3. The maximum absolute atomic E-state index is 13.6. The summed E-state index contributed by atoms with van der Waals surface area (Å²) in [7, 11) is 0. The van der Waals surface area contributed by atoms with Gasteiger partial charge in [0.15, 0.2) is 5.69 Å². The van der Waals surface area contributed by atoms with Crippen LogP contribution < -0.4 is 5.56 Å². The van der Waals surface area contributed by atoms with E-state index in [4.69, 9.17) is 0 Å². The molecule has 0 saturated carbocycles. The third-order valence-electron chi connectivity index (χ3n) is 4.84. The molecule has 0 atom stereocenters. The van der Waals surface area contributed by atoms with E-state index in [1.165, 1.54) is 12.5 Å². The van der Waals surface area contributed by atoms with Crippen molar-refractivity contribution in [1.82, 2.24) is 19.5 Å². The molecule has 142 valence electrons. The third-order valence-corrected chi connectivity index (χ3v) is 4.84. The van der Waals surface area contributed by atoms with E-state index in [2.05, 4.69) is 15.0 Å². The zero-order chi connectivity index (χ0) is 19.0. The van der Waals surface area contributed by atoms with Gasteiger partial charge in [-0.15, -0.1) is 0 Å². The van der Waals surface area contributed by atoms with E-state index in [1.54, 1.807) is 30.3 Å². The Bertz CT molecular complexity index is 1000. The van der Waals surface area contributed by atoms with Crippen LogP contribution in [0.2, 0.25) is 0 Å². The fraction of sp³-hybridized carbons (Fsp3) is 0.368. The molecular weight excluding hydrogens is 357 g/mol. The number of fused-ring (bicyclic) bond motifs is 1. The second-order valence-corrected chi connectivity index (χ2v) is 6.82. The van der Waals surface area contributed by atoms with Crippen LogP contribution in [0.3, 0.4) is 0 Å². The van der Waals surface area contributed by atoms with Crippen LogP contribution in [0.5, 0.6) is 0 Å². The van der Waals surface area contributed by atoms with Crippen LogP contribution in [0, 0.1) is 0 Å². The molecule has 0 amide bonds. The van der Waals surface area contributed by atoms with E-state index in [1.807, 2.05) is 0 Å². The van der Waals surface area contributed by atoms with Crippen LogP contribution in [0.25, 0.3) is 16.8 Å². The molecule has 0 aliphatic carbocycles. The lowest BCUT2D eigenvalue weighted by Crippen LogP contribution is -2.30. The normalized spacial score (nSPS) is 16.1. The Balaban J connectivity index is 1.88. The number of halogens is 3. The van der Waals surface area contributed by atoms with Gasteiger partial charge in [-0.1, -0.05) is 36.8 Å². The van der Waals surface area contributed by atoms with Crippen molar-refractivity contribution >= 4 is 5.65 Å². The lowest BCUT2D eigenvalue weighted by atomic mass is 10.1. The second kappa shape index (κ2) is 6.84. The van der Waals surface area contributed by atoms with Crippen LogP contribution in [0.4, 0.5) is 13.2 Å². The fourth-order valence-corrected chi connectivity index (χ4v) is 3.61. The summed E-state index contributed by atoms with van der Waals surface area (Å²) in [6.07, 6.45) is -1.30. The van der Waals surface area contributed by atoms with Crippen molar-refractivity contribution in [3.05, 3.63) is 58.1 Å². The number of alkyl halides is 3. The molecular formula is C19H19F3N4O. The van der Waals surface area contributed by atoms with Crippen molar-refractivity contribution in [2.24, 2.45) is 0 Å². The number of rotatable bonds is 3. The van der Waals surface area contributed by atoms with Gasteiger partial charge in [0.1, 0.15) is 5.65 Å². The Kier molecular flexibility index (Phi) is 4.51. The molecule has 27 heavy (non-hydrogen) atoms. The van der Waals surface area contributed by atoms with Crippen molar-refractivity contribution in [1.29, 1.82) is 0 Å². The van der Waals surface area contributed by atoms with Gasteiger partial charge in [-0.25, -0.2) is 0 Å². The zero-order valence-corrected chi connectivity index (χ0v) is 14.6. The number of aromatic amines is 1. The molecule has 1 aromatic carbocycles. The number of benzene rings is 1. The van der Waals surface area contributed by atoms with E-state index in [9.17, 15) is 18.0 Å². The predicted molar refractivity (Wildman–Crippen MR) is 95.4 cm³/mol. The molecule has 3 heterocycles. The van der Waals surface area contributed by atoms with Crippen molar-refractivity contribution in [2.75, 3.05) is 13.1 Å². The number of nitrogens with one attached hydrogen (secondary N) is 1. The molecule has 3 aromatic rings. The number of H-pyrrole nitrogens is 1. The maximum atomic E-state index is 13.6. The number of hydrogen-bond donors (Lipinski definition) is 1. The molecule has 1 aliphatic rings. The number of aromatic nitrogens is 3. The van der Waals surface area contributed by atoms with Gasteiger partial charge >= 0.3 is 6.18 Å². The summed E-state index contributed by atoms with van der Waals surface area (Å²) in [6.45, 7) is 2.35. The van der Waals surface area contributed by atoms with Gasteiger partial charge in [0.2, 0.25) is 0 Å². The van der Waals surface area contributed by atoms with Gasteiger partial charge in [0.05, 0.1) is 5.56 Å². The molecule has 8 heteroatoms. The molecule has 1 saturated heterocycles. The Morgan fingerprint density at radius 3 is 2.44 bits per heavy atom. The number of piperidine rings is 1. The van der Waals surface area contributed by atoms with Gasteiger partial charge < -0.3 is 4.98 Å². The smallest absolute Gasteiger partial charge is 0.342 e. The topological polar surface area (TPSA) is 53.4 Å². The average Bonchev–Trinajstić information content (AvgIpc) is 3.04. The third kappa shape index (κ3) is 3.49. The van der Waals surface area contributed by atoms with Crippen LogP contribution in [0.1, 0.15) is 30.7 Å². The minimum absolute atomic E-state index is 0.0769. The molecule has 1 aliphatic heterocycles. The molecule has 0 radical (unpaired) electrons. The molecule has 0 bridgehead atoms. The zero-order valence-electron chi connectivity index (χ0n) is 14.6. The Hall–Kier alpha value is -2.61. The highest BCUT2D eigenvalue weighted by molar-refractivity contribution is 5.80. The summed E-state index contributed by atoms with van der Waals surface area (Å²) < 4.78 is 41.5. The van der Waals surface area contributed by atoms with Gasteiger partial charge in [-0.05, 0) is 31.5 Å². The van der Waals surface area contributed by atoms with E-state index >= 15 is 0 Å². The fourth-order valence-electron chi connectivity index (χ4n) is 3.61. The van der Waals surface area contributed by atoms with Gasteiger partial charge in [0, 0.05) is 18.3 Å². The predicted octanol–water partition coefficient (Wildman–Crippen LogP) is 3.69. The monoisotopic (exact) mass is 376 g/mol. The van der Waals surface area contributed by atoms with E-state index in [0.717, 1.165) is 30.4 Å². The first-order chi connectivity index (χ1) is 12.9. The summed E-state index contributed by atoms with van der Waals surface area (Å²) in [5.41, 5.74) is -0.680. The van der Waals surface area contributed by atoms with Crippen molar-refractivity contribution in [3.63, 3.8) is 0 Å². The number of likely N-dealkylation sites (tertiary alicyclic amines) is 1. The first-order valence-electron chi connectivity index (χ1n) is 8.93. The van der Waals surface area contributed by atoms with Crippen LogP contribution in [-0.2, 0) is 12.7 Å². The first kappa shape index (κ1) is 17.8. The minimum atomic E-state index is -4.66. The van der Waals surface area contributed by atoms with E-state index in [0.29, 0.717) is 17.8 Å². The lowest BCUT2D eigenvalue weighted by Gasteiger charge is -2.26. The average molecular weight is 376 g/mol. The molecule has 1 fully saturated rings. The molecule has 0 spiro atoms. The van der Waals surface area contributed by atoms with Crippen molar-refractivity contribution in [2.45, 2.75) is 32.0 Å². The summed E-state index contributed by atoms with van der Waals surface area (Å²) >= 11 is 0. The maximum Gasteiger partial charge on any atom is 0.435 e. The van der Waals surface area contributed by atoms with E-state index < -0.39 is 17.4 Å². The summed E-state index contributed by atoms with van der Waals surface area (Å²) in [4.78, 5) is 17.7. The second-order valence-electron chi connectivity index (χ2n) is 6.82. The standard InChI is InChI=1S/C19H19F3N4O/c20-19(21,22)17-16(13-7-3-1-4-8-13)18-23-14(11-15(27)26(18)24-17)12-25-9-5-2-6-10-25/h1,3-4,7-8,11,23H,2,5-6,9-10,12H2. The van der Waals surface area contributed by atoms with Crippen molar-refractivity contribution in [3.8, 4) is 11.1 Å². The van der Waals surface area contributed by atoms with Gasteiger partial charge in [-0.2, -0.15) is 22.8 Å². The van der Waals surface area contributed by atoms with E-state index in [-0.39, 0.29) is 11.2 Å². The van der Waals surface area contributed by atoms with Gasteiger partial charge in [-0.3, -0.25) is 9.69 Å². The van der Waals surface area contributed by atoms with Crippen LogP contribution >= 0.6 is 0 Å². The molecule has 1 N–H and O–H groups in total. The van der Waals surface area contributed by atoms with Crippen LogP contribution in [0.15, 0.2) is 41.2 Å². The minimum Gasteiger partial charge on any atom is -0.342 e. The SMILES string of the molecule is O=c1cc(CN2CCCCC2)[nH]c2c(-c3ccccc3)c(C(F)(F)F)nn12. The quantitative estimate of drug-likeness (QED) is 0.759. The first-order valence-corrected chi connectivity index (χ1v) is 8.93. The largest absolute Gasteiger partial charge is 0.435 e. The lowest BCUT2D eigenvalue weighted by molar-refractivity contribution is -0.140. The molecule has 2 aromatic heterocycles. The Morgan fingerprint density at radius 2 is 1.78 bits per heavy atom. The molecule has 0 unspecified atom stereocenters. The highest BCUT2D eigenvalue weighted by atomic mass is 19.4. The highest BCUT2D eigenvalue weighted by Crippen LogP contribution is 2.37. The van der Waals surface area contributed by atoms with Crippen LogP contribution in [-0.4, -0.2) is 32.6 Å². The summed E-state index contributed by atoms with van der Waals surface area (Å²) in [6, 6.07) is 9.56. The summed E-state index contributed by atoms with van der Waals surface area (Å²) in [5.74, 6) is 0. The Morgan fingerprint density at radius 1 is 1.07 bits per heavy atom. The highest BCUT2D eigenvalue weighted by Gasteiger charge is 2.39. The number of hydrogen-bond acceptors (Lipinski definition) is 3.